The second-order valence-electron chi connectivity index (χ2n) is 5.50. The molecule has 0 aliphatic carbocycles. The lowest BCUT2D eigenvalue weighted by Crippen LogP contribution is -2.31. The van der Waals surface area contributed by atoms with Crippen molar-refractivity contribution in [3.8, 4) is 16.6 Å². The van der Waals surface area contributed by atoms with E-state index in [1.54, 1.807) is 0 Å². The van der Waals surface area contributed by atoms with Crippen LogP contribution in [0.15, 0.2) is 28.9 Å². The van der Waals surface area contributed by atoms with E-state index in [1.165, 1.54) is 19.2 Å². The number of hydrogen-bond donors (Lipinski definition) is 0. The van der Waals surface area contributed by atoms with Gasteiger partial charge in [0.2, 0.25) is 15.9 Å². The van der Waals surface area contributed by atoms with E-state index in [0.717, 1.165) is 27.9 Å². The molecule has 0 spiro atoms. The fraction of sp³-hybridized carbons (Fsp3) is 0.333. The Morgan fingerprint density at radius 2 is 1.93 bits per heavy atom. The highest BCUT2D eigenvalue weighted by Crippen LogP contribution is 2.30. The van der Waals surface area contributed by atoms with Crippen molar-refractivity contribution in [3.63, 3.8) is 0 Å². The van der Waals surface area contributed by atoms with Crippen LogP contribution in [0.25, 0.3) is 10.8 Å². The number of sulfonamides is 1. The maximum absolute atomic E-state index is 12.6. The van der Waals surface area contributed by atoms with Gasteiger partial charge in [-0.2, -0.15) is 17.6 Å². The van der Waals surface area contributed by atoms with Crippen molar-refractivity contribution in [1.29, 1.82) is 0 Å². The average Bonchev–Trinajstić information content (AvgIpc) is 3.36. The Morgan fingerprint density at radius 1 is 1.17 bits per heavy atom. The fourth-order valence-electron chi connectivity index (χ4n) is 2.21. The molecule has 0 radical (unpaired) electrons. The molecule has 0 aromatic carbocycles. The second kappa shape index (κ2) is 8.91. The van der Waals surface area contributed by atoms with Crippen molar-refractivity contribution in [1.82, 2.24) is 20.2 Å². The van der Waals surface area contributed by atoms with E-state index in [2.05, 4.69) is 24.9 Å². The third-order valence-corrected chi connectivity index (χ3v) is 6.30. The van der Waals surface area contributed by atoms with Gasteiger partial charge in [0, 0.05) is 6.07 Å². The summed E-state index contributed by atoms with van der Waals surface area (Å²) in [5.74, 6) is -1.63. The molecule has 0 aliphatic heterocycles. The van der Waals surface area contributed by atoms with E-state index in [9.17, 15) is 26.0 Å². The summed E-state index contributed by atoms with van der Waals surface area (Å²) in [4.78, 5) is 8.02. The van der Waals surface area contributed by atoms with Gasteiger partial charge in [0.25, 0.3) is 11.8 Å². The molecule has 0 N–H and O–H groups in total. The molecule has 3 heterocycles. The molecule has 0 saturated carbocycles. The molecule has 9 nitrogen and oxygen atoms in total. The molecule has 0 unspecified atom stereocenters. The standard InChI is InChI=1S/C15H13F4N5O4S2/c1-2-30(25,26)24(8-3-4-10(20-5-8)27-15(18)19)7-11-21-6-9(29-11)13-22-23-14(28-13)12(16)17/h3-6,12,15H,2,7H2,1H3. The minimum Gasteiger partial charge on any atom is -0.417 e. The highest BCUT2D eigenvalue weighted by Gasteiger charge is 2.24. The van der Waals surface area contributed by atoms with E-state index in [0.29, 0.717) is 5.01 Å². The van der Waals surface area contributed by atoms with Crippen LogP contribution in [0.1, 0.15) is 24.2 Å². The molecule has 3 rings (SSSR count). The number of alkyl halides is 4. The van der Waals surface area contributed by atoms with Crippen LogP contribution >= 0.6 is 11.3 Å². The van der Waals surface area contributed by atoms with Gasteiger partial charge in [-0.05, 0) is 13.0 Å². The van der Waals surface area contributed by atoms with Gasteiger partial charge in [-0.1, -0.05) is 0 Å². The Balaban J connectivity index is 1.85. The Morgan fingerprint density at radius 3 is 2.50 bits per heavy atom. The summed E-state index contributed by atoms with van der Waals surface area (Å²) in [6, 6.07) is 2.37. The lowest BCUT2D eigenvalue weighted by Gasteiger charge is -2.22. The van der Waals surface area contributed by atoms with Crippen molar-refractivity contribution >= 4 is 27.0 Å². The van der Waals surface area contributed by atoms with E-state index in [-0.39, 0.29) is 34.6 Å². The maximum atomic E-state index is 12.6. The predicted octanol–water partition coefficient (Wildman–Crippen LogP) is 3.48. The van der Waals surface area contributed by atoms with Crippen molar-refractivity contribution < 1.29 is 35.1 Å². The van der Waals surface area contributed by atoms with Crippen LogP contribution in [0.5, 0.6) is 5.88 Å². The number of nitrogens with zero attached hydrogens (tertiary/aromatic N) is 5. The normalized spacial score (nSPS) is 12.0. The number of thiazole rings is 1. The van der Waals surface area contributed by atoms with Crippen LogP contribution in [0.2, 0.25) is 0 Å². The van der Waals surface area contributed by atoms with Crippen LogP contribution in [-0.2, 0) is 16.6 Å². The van der Waals surface area contributed by atoms with Gasteiger partial charge in [0.1, 0.15) is 9.88 Å². The number of halogens is 4. The van der Waals surface area contributed by atoms with Crippen LogP contribution < -0.4 is 9.04 Å². The van der Waals surface area contributed by atoms with Gasteiger partial charge in [-0.15, -0.1) is 21.5 Å². The van der Waals surface area contributed by atoms with Crippen LogP contribution in [0.3, 0.4) is 0 Å². The molecule has 15 heteroatoms. The molecule has 0 fully saturated rings. The zero-order valence-corrected chi connectivity index (χ0v) is 16.7. The lowest BCUT2D eigenvalue weighted by molar-refractivity contribution is -0.0528. The van der Waals surface area contributed by atoms with Crippen molar-refractivity contribution in [2.24, 2.45) is 0 Å². The van der Waals surface area contributed by atoms with Gasteiger partial charge in [0.05, 0.1) is 30.4 Å². The van der Waals surface area contributed by atoms with Crippen LogP contribution in [-0.4, -0.2) is 40.9 Å². The van der Waals surface area contributed by atoms with Gasteiger partial charge in [0.15, 0.2) is 0 Å². The first-order valence-electron chi connectivity index (χ1n) is 8.17. The highest BCUT2D eigenvalue weighted by atomic mass is 32.2. The number of hydrogen-bond acceptors (Lipinski definition) is 9. The summed E-state index contributed by atoms with van der Waals surface area (Å²) >= 11 is 0.970. The number of ether oxygens (including phenoxy) is 1. The number of rotatable bonds is 9. The Labute approximate surface area is 171 Å². The third kappa shape index (κ3) is 5.02. The molecule has 0 bridgehead atoms. The summed E-state index contributed by atoms with van der Waals surface area (Å²) in [5.41, 5.74) is 0.105. The SMILES string of the molecule is CCS(=O)(=O)N(Cc1ncc(-c2nnc(C(F)F)o2)s1)c1ccc(OC(F)F)nc1. The zero-order chi connectivity index (χ0) is 21.9. The molecule has 3 aromatic rings. The maximum Gasteiger partial charge on any atom is 0.388 e. The van der Waals surface area contributed by atoms with Gasteiger partial charge < -0.3 is 9.15 Å². The van der Waals surface area contributed by atoms with Gasteiger partial charge >= 0.3 is 13.0 Å². The average molecular weight is 467 g/mol. The number of anilines is 1. The smallest absolute Gasteiger partial charge is 0.388 e. The highest BCUT2D eigenvalue weighted by molar-refractivity contribution is 7.92. The first-order chi connectivity index (χ1) is 14.2. The molecule has 0 aliphatic rings. The van der Waals surface area contributed by atoms with Crippen LogP contribution in [0.4, 0.5) is 23.2 Å². The minimum absolute atomic E-state index is 0.105. The largest absolute Gasteiger partial charge is 0.417 e. The molecule has 162 valence electrons. The van der Waals surface area contributed by atoms with E-state index >= 15 is 0 Å². The molecule has 0 atom stereocenters. The van der Waals surface area contributed by atoms with E-state index < -0.39 is 29.0 Å². The first-order valence-corrected chi connectivity index (χ1v) is 10.6. The molecule has 0 amide bonds. The van der Waals surface area contributed by atoms with Gasteiger partial charge in [-0.3, -0.25) is 4.31 Å². The first kappa shape index (κ1) is 21.9. The Hall–Kier alpha value is -2.81. The molecular weight excluding hydrogens is 454 g/mol. The summed E-state index contributed by atoms with van der Waals surface area (Å²) in [7, 11) is -3.79. The topological polar surface area (TPSA) is 111 Å². The summed E-state index contributed by atoms with van der Waals surface area (Å²) in [5, 5.41) is 7.03. The number of aromatic nitrogens is 4. The van der Waals surface area contributed by atoms with E-state index in [1.807, 2.05) is 0 Å². The summed E-state index contributed by atoms with van der Waals surface area (Å²) in [6.45, 7) is -1.85. The molecule has 30 heavy (non-hydrogen) atoms. The summed E-state index contributed by atoms with van der Waals surface area (Å²) in [6.07, 6.45) is -0.558. The third-order valence-electron chi connectivity index (χ3n) is 3.59. The van der Waals surface area contributed by atoms with Crippen LogP contribution in [0, 0.1) is 0 Å². The monoisotopic (exact) mass is 467 g/mol. The Bertz CT molecular complexity index is 1090. The zero-order valence-electron chi connectivity index (χ0n) is 15.1. The summed E-state index contributed by atoms with van der Waals surface area (Å²) < 4.78 is 84.7. The lowest BCUT2D eigenvalue weighted by atomic mass is 10.4. The van der Waals surface area contributed by atoms with Gasteiger partial charge in [-0.25, -0.2) is 18.4 Å². The quantitative estimate of drug-likeness (QED) is 0.440. The minimum atomic E-state index is -3.79. The number of pyridine rings is 1. The van der Waals surface area contributed by atoms with E-state index in [4.69, 9.17) is 4.42 Å². The molecule has 0 saturated heterocycles. The second-order valence-corrected chi connectivity index (χ2v) is 8.80. The fourth-order valence-corrected chi connectivity index (χ4v) is 4.18. The van der Waals surface area contributed by atoms with Crippen molar-refractivity contribution in [2.45, 2.75) is 26.5 Å². The predicted molar refractivity (Wildman–Crippen MR) is 96.9 cm³/mol. The van der Waals surface area contributed by atoms with Crippen molar-refractivity contribution in [2.75, 3.05) is 10.1 Å². The Kier molecular flexibility index (Phi) is 6.50. The van der Waals surface area contributed by atoms with Crippen molar-refractivity contribution in [3.05, 3.63) is 35.4 Å². The molecule has 3 aromatic heterocycles. The molecular formula is C15H13F4N5O4S2.